The van der Waals surface area contributed by atoms with Crippen molar-refractivity contribution >= 4 is 0 Å². The normalized spacial score (nSPS) is 11.8. The van der Waals surface area contributed by atoms with Crippen LogP contribution in [0.4, 0.5) is 0 Å². The van der Waals surface area contributed by atoms with Crippen molar-refractivity contribution in [2.24, 2.45) is 0 Å². The second kappa shape index (κ2) is 6.87. The summed E-state index contributed by atoms with van der Waals surface area (Å²) >= 11 is 0. The molecule has 0 aromatic rings. The maximum Gasteiger partial charge on any atom is 0.294 e. The minimum atomic E-state index is -0.998. The summed E-state index contributed by atoms with van der Waals surface area (Å²) in [6, 6.07) is 0. The lowest BCUT2D eigenvalue weighted by molar-refractivity contribution is -0.790. The van der Waals surface area contributed by atoms with Crippen LogP contribution in [0.5, 0.6) is 0 Å². The lowest BCUT2D eigenvalue weighted by Gasteiger charge is -2.12. The third kappa shape index (κ3) is 7.07. The van der Waals surface area contributed by atoms with Crippen molar-refractivity contribution in [3.8, 4) is 0 Å². The summed E-state index contributed by atoms with van der Waals surface area (Å²) < 4.78 is 0. The standard InChI is InChI=1S/C6H12N2O6/c1-2-3-4-6(14-8(11)12)5-13-7(9)10/h6H,2-5H2,1H3. The smallest absolute Gasteiger partial charge is 0.294 e. The van der Waals surface area contributed by atoms with Crippen LogP contribution in [0.15, 0.2) is 0 Å². The van der Waals surface area contributed by atoms with Crippen LogP contribution in [0.1, 0.15) is 26.2 Å². The SMILES string of the molecule is CCCCC(CO[N+](=O)[O-])O[N+](=O)[O-]. The summed E-state index contributed by atoms with van der Waals surface area (Å²) in [6.45, 7) is 1.49. The summed E-state index contributed by atoms with van der Waals surface area (Å²) in [6.07, 6.45) is 1.02. The molecular formula is C6H12N2O6. The average Bonchev–Trinajstić information content (AvgIpc) is 2.09. The van der Waals surface area contributed by atoms with Gasteiger partial charge in [-0.1, -0.05) is 19.8 Å². The van der Waals surface area contributed by atoms with E-state index in [9.17, 15) is 20.2 Å². The van der Waals surface area contributed by atoms with E-state index in [0.29, 0.717) is 12.8 Å². The predicted octanol–water partition coefficient (Wildman–Crippen LogP) is 0.962. The highest BCUT2D eigenvalue weighted by Gasteiger charge is 2.14. The fraction of sp³-hybridized carbons (Fsp3) is 1.00. The van der Waals surface area contributed by atoms with Gasteiger partial charge in [0.1, 0.15) is 12.7 Å². The molecule has 1 unspecified atom stereocenters. The molecule has 0 bridgehead atoms. The van der Waals surface area contributed by atoms with Gasteiger partial charge in [0, 0.05) is 0 Å². The van der Waals surface area contributed by atoms with Crippen molar-refractivity contribution in [2.45, 2.75) is 32.3 Å². The molecular weight excluding hydrogens is 196 g/mol. The first-order valence-electron chi connectivity index (χ1n) is 4.14. The molecule has 0 fully saturated rings. The van der Waals surface area contributed by atoms with Crippen LogP contribution in [-0.4, -0.2) is 22.9 Å². The van der Waals surface area contributed by atoms with Gasteiger partial charge in [-0.15, -0.1) is 20.2 Å². The minimum absolute atomic E-state index is 0.366. The van der Waals surface area contributed by atoms with Crippen LogP contribution >= 0.6 is 0 Å². The van der Waals surface area contributed by atoms with Crippen LogP contribution in [0.25, 0.3) is 0 Å². The predicted molar refractivity (Wildman–Crippen MR) is 44.3 cm³/mol. The Labute approximate surface area is 80.0 Å². The Hall–Kier alpha value is -1.60. The Morgan fingerprint density at radius 2 is 1.93 bits per heavy atom. The quantitative estimate of drug-likeness (QED) is 0.434. The topological polar surface area (TPSA) is 105 Å². The fourth-order valence-corrected chi connectivity index (χ4v) is 0.864. The largest absolute Gasteiger partial charge is 0.312 e. The van der Waals surface area contributed by atoms with Gasteiger partial charge in [-0.2, -0.15) is 0 Å². The lowest BCUT2D eigenvalue weighted by atomic mass is 10.2. The Bertz CT molecular complexity index is 197. The number of unbranched alkanes of at least 4 members (excludes halogenated alkanes) is 1. The molecule has 0 heterocycles. The fourth-order valence-electron chi connectivity index (χ4n) is 0.864. The second-order valence-electron chi connectivity index (χ2n) is 2.61. The molecule has 14 heavy (non-hydrogen) atoms. The van der Waals surface area contributed by atoms with E-state index in [-0.39, 0.29) is 0 Å². The van der Waals surface area contributed by atoms with Crippen molar-refractivity contribution in [1.29, 1.82) is 0 Å². The summed E-state index contributed by atoms with van der Waals surface area (Å²) in [5.41, 5.74) is 0. The van der Waals surface area contributed by atoms with E-state index in [4.69, 9.17) is 0 Å². The number of rotatable bonds is 8. The monoisotopic (exact) mass is 208 g/mol. The Morgan fingerprint density at radius 1 is 1.29 bits per heavy atom. The highest BCUT2D eigenvalue weighted by Crippen LogP contribution is 2.05. The minimum Gasteiger partial charge on any atom is -0.312 e. The van der Waals surface area contributed by atoms with Gasteiger partial charge in [-0.3, -0.25) is 0 Å². The molecule has 0 N–H and O–H groups in total. The molecule has 0 rings (SSSR count). The van der Waals surface area contributed by atoms with Crippen molar-refractivity contribution in [3.63, 3.8) is 0 Å². The molecule has 0 radical (unpaired) electrons. The van der Waals surface area contributed by atoms with E-state index in [0.717, 1.165) is 6.42 Å². The van der Waals surface area contributed by atoms with Crippen LogP contribution in [-0.2, 0) is 9.68 Å². The van der Waals surface area contributed by atoms with Crippen molar-refractivity contribution in [3.05, 3.63) is 20.2 Å². The second-order valence-corrected chi connectivity index (χ2v) is 2.61. The molecule has 0 aliphatic heterocycles. The number of hydrogen-bond donors (Lipinski definition) is 0. The Morgan fingerprint density at radius 3 is 2.36 bits per heavy atom. The molecule has 0 aliphatic carbocycles. The molecule has 1 atom stereocenters. The molecule has 82 valence electrons. The van der Waals surface area contributed by atoms with Crippen LogP contribution in [0.2, 0.25) is 0 Å². The molecule has 0 aromatic heterocycles. The summed E-state index contributed by atoms with van der Waals surface area (Å²) in [7, 11) is 0. The first kappa shape index (κ1) is 12.4. The Balaban J connectivity index is 3.83. The Kier molecular flexibility index (Phi) is 6.08. The lowest BCUT2D eigenvalue weighted by Crippen LogP contribution is -2.24. The van der Waals surface area contributed by atoms with Crippen molar-refractivity contribution in [1.82, 2.24) is 0 Å². The van der Waals surface area contributed by atoms with Gasteiger partial charge in [0.25, 0.3) is 10.2 Å². The maximum absolute atomic E-state index is 9.98. The van der Waals surface area contributed by atoms with Gasteiger partial charge in [-0.05, 0) is 6.42 Å². The first-order chi connectivity index (χ1) is 6.56. The van der Waals surface area contributed by atoms with Crippen molar-refractivity contribution < 1.29 is 19.8 Å². The molecule has 0 aliphatic rings. The summed E-state index contributed by atoms with van der Waals surface area (Å²) in [4.78, 5) is 28.0. The van der Waals surface area contributed by atoms with E-state index >= 15 is 0 Å². The van der Waals surface area contributed by atoms with E-state index in [2.05, 4.69) is 9.68 Å². The molecule has 0 saturated heterocycles. The maximum atomic E-state index is 9.98. The van der Waals surface area contributed by atoms with Crippen LogP contribution < -0.4 is 0 Å². The van der Waals surface area contributed by atoms with E-state index in [1.807, 2.05) is 6.92 Å². The highest BCUT2D eigenvalue weighted by atomic mass is 17.0. The summed E-state index contributed by atoms with van der Waals surface area (Å²) in [5, 5.41) is 17.8. The van der Waals surface area contributed by atoms with Crippen molar-refractivity contribution in [2.75, 3.05) is 6.61 Å². The third-order valence-electron chi connectivity index (χ3n) is 1.48. The zero-order chi connectivity index (χ0) is 11.0. The van der Waals surface area contributed by atoms with Crippen LogP contribution in [0, 0.1) is 20.2 Å². The summed E-state index contributed by atoms with van der Waals surface area (Å²) in [5.74, 6) is 0. The van der Waals surface area contributed by atoms with Crippen LogP contribution in [0.3, 0.4) is 0 Å². The molecule has 0 aromatic carbocycles. The van der Waals surface area contributed by atoms with E-state index in [1.165, 1.54) is 0 Å². The van der Waals surface area contributed by atoms with Gasteiger partial charge < -0.3 is 9.68 Å². The van der Waals surface area contributed by atoms with Gasteiger partial charge in [0.15, 0.2) is 0 Å². The first-order valence-corrected chi connectivity index (χ1v) is 4.14. The zero-order valence-electron chi connectivity index (χ0n) is 7.75. The molecule has 0 spiro atoms. The average molecular weight is 208 g/mol. The molecule has 0 amide bonds. The third-order valence-corrected chi connectivity index (χ3v) is 1.48. The molecule has 0 saturated carbocycles. The van der Waals surface area contributed by atoms with Gasteiger partial charge in [0.05, 0.1) is 0 Å². The van der Waals surface area contributed by atoms with E-state index in [1.54, 1.807) is 0 Å². The molecule has 8 nitrogen and oxygen atoms in total. The number of hydrogen-bond acceptors (Lipinski definition) is 6. The van der Waals surface area contributed by atoms with E-state index < -0.39 is 22.9 Å². The highest BCUT2D eigenvalue weighted by molar-refractivity contribution is 4.53. The van der Waals surface area contributed by atoms with Gasteiger partial charge in [-0.25, -0.2) is 0 Å². The van der Waals surface area contributed by atoms with Gasteiger partial charge in [0.2, 0.25) is 0 Å². The number of nitrogens with zero attached hydrogens (tertiary/aromatic N) is 2. The van der Waals surface area contributed by atoms with Gasteiger partial charge >= 0.3 is 0 Å². The molecule has 8 heteroatoms. The zero-order valence-corrected chi connectivity index (χ0v) is 7.75.